The fraction of sp³-hybridized carbons (Fsp3) is 0.750. The van der Waals surface area contributed by atoms with Gasteiger partial charge in [0.1, 0.15) is 5.82 Å². The second-order valence-electron chi connectivity index (χ2n) is 6.22. The van der Waals surface area contributed by atoms with Crippen LogP contribution in [0.4, 0.5) is 0 Å². The summed E-state index contributed by atoms with van der Waals surface area (Å²) in [5.41, 5.74) is 2.26. The summed E-state index contributed by atoms with van der Waals surface area (Å²) in [6, 6.07) is 2.11. The molecule has 1 aromatic heterocycles. The van der Waals surface area contributed by atoms with Crippen molar-refractivity contribution in [3.8, 4) is 0 Å². The molecular weight excluding hydrogens is 234 g/mol. The van der Waals surface area contributed by atoms with Crippen molar-refractivity contribution >= 4 is 0 Å². The fourth-order valence-electron chi connectivity index (χ4n) is 2.78. The van der Waals surface area contributed by atoms with Crippen molar-refractivity contribution in [3.63, 3.8) is 0 Å². The molecule has 19 heavy (non-hydrogen) atoms. The van der Waals surface area contributed by atoms with Crippen LogP contribution in [-0.2, 0) is 6.54 Å². The van der Waals surface area contributed by atoms with E-state index in [0.29, 0.717) is 11.8 Å². The number of rotatable bonds is 5. The SMILES string of the molecule is Cc1cc(CNCC(C)C)nc(C2CCCCC2)n1. The number of aryl methyl sites for hydroxylation is 1. The van der Waals surface area contributed by atoms with Gasteiger partial charge in [0.05, 0.1) is 5.69 Å². The third-order valence-electron chi connectivity index (χ3n) is 3.75. The molecule has 0 radical (unpaired) electrons. The molecular formula is C16H27N3. The maximum absolute atomic E-state index is 4.78. The number of nitrogens with zero attached hydrogens (tertiary/aromatic N) is 2. The first-order valence-corrected chi connectivity index (χ1v) is 7.70. The molecule has 106 valence electrons. The Kier molecular flexibility index (Phi) is 5.32. The molecule has 1 heterocycles. The van der Waals surface area contributed by atoms with Crippen molar-refractivity contribution in [1.29, 1.82) is 0 Å². The summed E-state index contributed by atoms with van der Waals surface area (Å²) in [6.45, 7) is 8.44. The Morgan fingerprint density at radius 3 is 2.63 bits per heavy atom. The van der Waals surface area contributed by atoms with Gasteiger partial charge in [0.2, 0.25) is 0 Å². The molecule has 1 N–H and O–H groups in total. The summed E-state index contributed by atoms with van der Waals surface area (Å²) in [6.07, 6.45) is 6.58. The average molecular weight is 261 g/mol. The molecule has 1 saturated carbocycles. The molecule has 0 atom stereocenters. The van der Waals surface area contributed by atoms with Crippen LogP contribution < -0.4 is 5.32 Å². The van der Waals surface area contributed by atoms with E-state index in [1.54, 1.807) is 0 Å². The van der Waals surface area contributed by atoms with Gasteiger partial charge in [-0.05, 0) is 38.3 Å². The Balaban J connectivity index is 2.01. The van der Waals surface area contributed by atoms with Gasteiger partial charge in [0, 0.05) is 18.2 Å². The van der Waals surface area contributed by atoms with E-state index in [1.807, 2.05) is 0 Å². The van der Waals surface area contributed by atoms with Crippen LogP contribution in [0.5, 0.6) is 0 Å². The van der Waals surface area contributed by atoms with E-state index in [0.717, 1.165) is 30.3 Å². The molecule has 0 aromatic carbocycles. The zero-order valence-electron chi connectivity index (χ0n) is 12.6. The average Bonchev–Trinajstić information content (AvgIpc) is 2.39. The predicted molar refractivity (Wildman–Crippen MR) is 79.1 cm³/mol. The van der Waals surface area contributed by atoms with E-state index in [9.17, 15) is 0 Å². The number of nitrogens with one attached hydrogen (secondary N) is 1. The monoisotopic (exact) mass is 261 g/mol. The summed E-state index contributed by atoms with van der Waals surface area (Å²) < 4.78 is 0. The van der Waals surface area contributed by atoms with Crippen LogP contribution in [0.2, 0.25) is 0 Å². The number of hydrogen-bond acceptors (Lipinski definition) is 3. The Morgan fingerprint density at radius 1 is 1.21 bits per heavy atom. The lowest BCUT2D eigenvalue weighted by Crippen LogP contribution is -2.20. The van der Waals surface area contributed by atoms with Gasteiger partial charge in [0.15, 0.2) is 0 Å². The smallest absolute Gasteiger partial charge is 0.131 e. The molecule has 1 fully saturated rings. The third-order valence-corrected chi connectivity index (χ3v) is 3.75. The van der Waals surface area contributed by atoms with Gasteiger partial charge in [-0.3, -0.25) is 0 Å². The minimum absolute atomic E-state index is 0.595. The second kappa shape index (κ2) is 6.99. The Morgan fingerprint density at radius 2 is 1.95 bits per heavy atom. The molecule has 0 bridgehead atoms. The highest BCUT2D eigenvalue weighted by Gasteiger charge is 2.18. The predicted octanol–water partition coefficient (Wildman–Crippen LogP) is 3.58. The van der Waals surface area contributed by atoms with Crippen LogP contribution in [0, 0.1) is 12.8 Å². The van der Waals surface area contributed by atoms with Gasteiger partial charge in [-0.25, -0.2) is 9.97 Å². The van der Waals surface area contributed by atoms with E-state index < -0.39 is 0 Å². The highest BCUT2D eigenvalue weighted by molar-refractivity contribution is 5.12. The lowest BCUT2D eigenvalue weighted by Gasteiger charge is -2.21. The molecule has 0 saturated heterocycles. The molecule has 1 aliphatic carbocycles. The van der Waals surface area contributed by atoms with Crippen molar-refractivity contribution in [2.24, 2.45) is 5.92 Å². The first-order chi connectivity index (χ1) is 9.15. The summed E-state index contributed by atoms with van der Waals surface area (Å²) in [5, 5.41) is 3.47. The zero-order valence-corrected chi connectivity index (χ0v) is 12.6. The van der Waals surface area contributed by atoms with Gasteiger partial charge in [-0.1, -0.05) is 33.1 Å². The van der Waals surface area contributed by atoms with E-state index in [2.05, 4.69) is 37.1 Å². The van der Waals surface area contributed by atoms with Crippen LogP contribution in [0.1, 0.15) is 69.1 Å². The van der Waals surface area contributed by atoms with E-state index >= 15 is 0 Å². The van der Waals surface area contributed by atoms with Crippen LogP contribution in [0.15, 0.2) is 6.07 Å². The molecule has 0 amide bonds. The molecule has 3 heteroatoms. The van der Waals surface area contributed by atoms with Gasteiger partial charge >= 0.3 is 0 Å². The van der Waals surface area contributed by atoms with Gasteiger partial charge < -0.3 is 5.32 Å². The summed E-state index contributed by atoms with van der Waals surface area (Å²) in [4.78, 5) is 9.44. The molecule has 0 unspecified atom stereocenters. The molecule has 2 rings (SSSR count). The molecule has 1 aliphatic rings. The van der Waals surface area contributed by atoms with Crippen molar-refractivity contribution < 1.29 is 0 Å². The highest BCUT2D eigenvalue weighted by Crippen LogP contribution is 2.30. The topological polar surface area (TPSA) is 37.8 Å². The van der Waals surface area contributed by atoms with Crippen LogP contribution in [-0.4, -0.2) is 16.5 Å². The third kappa shape index (κ3) is 4.57. The minimum Gasteiger partial charge on any atom is -0.311 e. The van der Waals surface area contributed by atoms with Crippen molar-refractivity contribution in [2.75, 3.05) is 6.54 Å². The maximum atomic E-state index is 4.78. The van der Waals surface area contributed by atoms with Crippen molar-refractivity contribution in [3.05, 3.63) is 23.3 Å². The van der Waals surface area contributed by atoms with Gasteiger partial charge in [0.25, 0.3) is 0 Å². The summed E-state index contributed by atoms with van der Waals surface area (Å²) >= 11 is 0. The number of aromatic nitrogens is 2. The van der Waals surface area contributed by atoms with Crippen molar-refractivity contribution in [2.45, 2.75) is 65.3 Å². The zero-order chi connectivity index (χ0) is 13.7. The van der Waals surface area contributed by atoms with Crippen LogP contribution in [0.3, 0.4) is 0 Å². The van der Waals surface area contributed by atoms with Crippen LogP contribution >= 0.6 is 0 Å². The van der Waals surface area contributed by atoms with Gasteiger partial charge in [-0.15, -0.1) is 0 Å². The second-order valence-corrected chi connectivity index (χ2v) is 6.22. The summed E-state index contributed by atoms with van der Waals surface area (Å²) in [5.74, 6) is 2.36. The van der Waals surface area contributed by atoms with Crippen molar-refractivity contribution in [1.82, 2.24) is 15.3 Å². The molecule has 0 aliphatic heterocycles. The Labute approximate surface area is 117 Å². The fourth-order valence-corrected chi connectivity index (χ4v) is 2.78. The quantitative estimate of drug-likeness (QED) is 0.880. The normalized spacial score (nSPS) is 17.1. The summed E-state index contributed by atoms with van der Waals surface area (Å²) in [7, 11) is 0. The van der Waals surface area contributed by atoms with Crippen LogP contribution in [0.25, 0.3) is 0 Å². The largest absolute Gasteiger partial charge is 0.311 e. The molecule has 0 spiro atoms. The highest BCUT2D eigenvalue weighted by atomic mass is 14.9. The van der Waals surface area contributed by atoms with E-state index in [1.165, 1.54) is 32.1 Å². The molecule has 3 nitrogen and oxygen atoms in total. The lowest BCUT2D eigenvalue weighted by atomic mass is 9.88. The molecule has 1 aromatic rings. The number of hydrogen-bond donors (Lipinski definition) is 1. The first-order valence-electron chi connectivity index (χ1n) is 7.70. The standard InChI is InChI=1S/C16H27N3/c1-12(2)10-17-11-15-9-13(3)18-16(19-15)14-7-5-4-6-8-14/h9,12,14,17H,4-8,10-11H2,1-3H3. The maximum Gasteiger partial charge on any atom is 0.131 e. The van der Waals surface area contributed by atoms with E-state index in [-0.39, 0.29) is 0 Å². The lowest BCUT2D eigenvalue weighted by molar-refractivity contribution is 0.426. The van der Waals surface area contributed by atoms with Gasteiger partial charge in [-0.2, -0.15) is 0 Å². The Hall–Kier alpha value is -0.960. The Bertz CT molecular complexity index is 395. The first kappa shape index (κ1) is 14.4. The van der Waals surface area contributed by atoms with E-state index in [4.69, 9.17) is 4.98 Å². The minimum atomic E-state index is 0.595.